The topological polar surface area (TPSA) is 63.0 Å². The highest BCUT2D eigenvalue weighted by Gasteiger charge is 2.52. The average molecular weight is 877 g/mol. The van der Waals surface area contributed by atoms with Crippen molar-refractivity contribution in [3.63, 3.8) is 0 Å². The first-order valence-corrected chi connectivity index (χ1v) is 26.2. The van der Waals surface area contributed by atoms with Gasteiger partial charge in [0, 0.05) is 377 Å². The summed E-state index contributed by atoms with van der Waals surface area (Å²) in [4.78, 5) is 0. The van der Waals surface area contributed by atoms with Gasteiger partial charge >= 0.3 is 0 Å². The van der Waals surface area contributed by atoms with Crippen molar-refractivity contribution in [2.45, 2.75) is 0 Å². The molecule has 37 rings (SSSR count). The molecule has 296 valence electrons. The fraction of sp³-hybridized carbons (Fsp3) is 0. The van der Waals surface area contributed by atoms with E-state index in [9.17, 15) is 0 Å². The van der Waals surface area contributed by atoms with Crippen LogP contribution in [0.2, 0.25) is 0 Å². The van der Waals surface area contributed by atoms with Crippen LogP contribution in [-0.4, -0.2) is 11.0 Å². The van der Waals surface area contributed by atoms with Gasteiger partial charge in [-0.2, -0.15) is 0 Å². The number of hydrogen-bond acceptors (Lipinski definition) is 0. The van der Waals surface area contributed by atoms with Crippen LogP contribution in [0.5, 0.6) is 0 Å². The van der Waals surface area contributed by atoms with Gasteiger partial charge in [0.05, 0.1) is 0 Å². The van der Waals surface area contributed by atoms with Crippen LogP contribution in [0.15, 0.2) is 0 Å². The Morgan fingerprint density at radius 1 is 0.0417 bits per heavy atom. The van der Waals surface area contributed by atoms with Crippen molar-refractivity contribution < 1.29 is 11.0 Å². The van der Waals surface area contributed by atoms with E-state index in [1.165, 1.54) is 0 Å². The van der Waals surface area contributed by atoms with E-state index in [0.717, 1.165) is 0 Å². The van der Waals surface area contributed by atoms with Crippen LogP contribution in [0.25, 0.3) is 377 Å². The molecule has 0 amide bonds. The number of benzene rings is 25. The molecule has 0 fully saturated rings. The SMILES string of the molecule is O.O.c12c3c4c5c1c1c6c7c2c2c8c3c3c9c4c4c%10c5c5c1c1c6c6c%11c%12c%13c%14c%15c%16c%17c%14c%14c%18c%13c%11c1c1c5c%10c5c(c%14c%10c%17c%11c%13c%16c%14c%16c%15c%12c%12c%16c(c2c7c%126)c2c8c3c(c%13c%142)c2c9c4c5c%10c%112)c%181. The van der Waals surface area contributed by atoms with Gasteiger partial charge in [-0.1, -0.05) is 0 Å². The first kappa shape index (κ1) is 26.1. The molecule has 0 aromatic heterocycles. The van der Waals surface area contributed by atoms with Crippen LogP contribution in [0, 0.1) is 0 Å². The molecule has 0 unspecified atom stereocenters. The van der Waals surface area contributed by atoms with Gasteiger partial charge < -0.3 is 11.0 Å². The van der Waals surface area contributed by atoms with Crippen molar-refractivity contribution in [1.29, 1.82) is 0 Å². The predicted octanol–water partition coefficient (Wildman–Crippen LogP) is 19.0. The van der Waals surface area contributed by atoms with E-state index in [4.69, 9.17) is 0 Å². The predicted molar refractivity (Wildman–Crippen MR) is 311 cm³/mol. The summed E-state index contributed by atoms with van der Waals surface area (Å²) >= 11 is 0. The minimum atomic E-state index is 0. The largest absolute Gasteiger partial charge is 0.412 e. The first-order valence-electron chi connectivity index (χ1n) is 26.2. The Labute approximate surface area is 385 Å². The van der Waals surface area contributed by atoms with E-state index in [1.807, 2.05) is 0 Å². The number of hydrogen-bond donors (Lipinski definition) is 0. The van der Waals surface area contributed by atoms with Gasteiger partial charge in [-0.15, -0.1) is 0 Å². The standard InChI is InChI=1S/C70.2H2O/c1-2-22-5-6-24-13-14-26-11-9-23-4-3(21(1)51-52(22)54(24)55(26)53(23)51)33-31(1)61-35-7-8-27-15-16-29-19-20-30-18-17-28-12-10(25(7)56-57(27)59(29)60(30)58(28)56)37(35)63(33)65-36(4)40(9)67(44(17)42(12)65)69-46(11)47(14)70(50(20)49(18)69)68-43(13)39(6)66(45(16)48(19)68)64-34(5)32(2)62(61)38(8)41(15)64;;/h;2*1H2. The van der Waals surface area contributed by atoms with Crippen molar-refractivity contribution >= 4 is 377 Å². The zero-order valence-electron chi connectivity index (χ0n) is 36.0. The van der Waals surface area contributed by atoms with Crippen LogP contribution >= 0.6 is 0 Å². The van der Waals surface area contributed by atoms with Crippen molar-refractivity contribution in [2.24, 2.45) is 0 Å². The molecule has 2 heteroatoms. The highest BCUT2D eigenvalue weighted by molar-refractivity contribution is 6.86. The van der Waals surface area contributed by atoms with Gasteiger partial charge in [0.25, 0.3) is 0 Å². The molecule has 0 atom stereocenters. The highest BCUT2D eigenvalue weighted by atomic mass is 16.0. The Kier molecular flexibility index (Phi) is 2.06. The Morgan fingerprint density at radius 2 is 0.0556 bits per heavy atom. The molecule has 72 heavy (non-hydrogen) atoms. The molecular formula is C70H4O2. The van der Waals surface area contributed by atoms with Crippen molar-refractivity contribution in [3.05, 3.63) is 0 Å². The molecule has 37 aromatic carbocycles. The van der Waals surface area contributed by atoms with Gasteiger partial charge in [-0.25, -0.2) is 0 Å². The molecule has 0 heterocycles. The van der Waals surface area contributed by atoms with Gasteiger partial charge in [0.2, 0.25) is 0 Å². The van der Waals surface area contributed by atoms with E-state index < -0.39 is 0 Å². The van der Waals surface area contributed by atoms with Crippen LogP contribution in [0.4, 0.5) is 0 Å². The maximum absolute atomic E-state index is 1.67. The molecular weight excluding hydrogens is 873 g/mol. The van der Waals surface area contributed by atoms with E-state index in [-0.39, 0.29) is 11.0 Å². The Bertz CT molecular complexity index is 6600. The summed E-state index contributed by atoms with van der Waals surface area (Å²) in [6.07, 6.45) is 0. The molecule has 0 aliphatic rings. The first-order chi connectivity index (χ1) is 35.0. The molecule has 0 saturated heterocycles. The molecule has 0 radical (unpaired) electrons. The summed E-state index contributed by atoms with van der Waals surface area (Å²) in [6, 6.07) is 0. The number of rotatable bonds is 0. The lowest BCUT2D eigenvalue weighted by Crippen LogP contribution is -1.93. The summed E-state index contributed by atoms with van der Waals surface area (Å²) < 4.78 is 0. The summed E-state index contributed by atoms with van der Waals surface area (Å²) in [5.74, 6) is 0. The van der Waals surface area contributed by atoms with E-state index in [2.05, 4.69) is 0 Å². The fourth-order valence-electron chi connectivity index (χ4n) is 26.2. The third-order valence-electron chi connectivity index (χ3n) is 26.2. The Balaban J connectivity index is 0.00000157. The molecule has 4 N–H and O–H groups in total. The molecule has 0 aliphatic carbocycles. The zero-order valence-corrected chi connectivity index (χ0v) is 36.0. The van der Waals surface area contributed by atoms with E-state index in [1.54, 1.807) is 377 Å². The summed E-state index contributed by atoms with van der Waals surface area (Å²) in [5.41, 5.74) is 0. The normalized spacial score (nSPS) is 17.5. The smallest absolute Gasteiger partial charge is 0 e. The Morgan fingerprint density at radius 3 is 0.0694 bits per heavy atom. The lowest BCUT2D eigenvalue weighted by atomic mass is 9.78. The zero-order chi connectivity index (χ0) is 40.4. The minimum absolute atomic E-state index is 0. The molecule has 0 saturated carbocycles. The summed E-state index contributed by atoms with van der Waals surface area (Å²) in [6.45, 7) is 0. The second kappa shape index (κ2) is 5.67. The second-order valence-electron chi connectivity index (χ2n) is 26.2. The van der Waals surface area contributed by atoms with Gasteiger partial charge in [-0.3, -0.25) is 0 Å². The highest BCUT2D eigenvalue weighted by Crippen LogP contribution is 2.81. The average Bonchev–Trinajstić information content (AvgIpc) is 4.38. The third-order valence-corrected chi connectivity index (χ3v) is 26.2. The molecule has 2 nitrogen and oxygen atoms in total. The summed E-state index contributed by atoms with van der Waals surface area (Å²) in [7, 11) is 0. The quantitative estimate of drug-likeness (QED) is 0.108. The fourth-order valence-corrected chi connectivity index (χ4v) is 26.2. The van der Waals surface area contributed by atoms with Crippen LogP contribution < -0.4 is 0 Å². The van der Waals surface area contributed by atoms with E-state index >= 15 is 0 Å². The molecule has 0 bridgehead atoms. The Hall–Kier alpha value is -9.18. The van der Waals surface area contributed by atoms with Crippen molar-refractivity contribution in [2.75, 3.05) is 0 Å². The monoisotopic (exact) mass is 876 g/mol. The molecule has 0 aliphatic heterocycles. The van der Waals surface area contributed by atoms with Gasteiger partial charge in [0.15, 0.2) is 0 Å². The third kappa shape index (κ3) is 1.29. The summed E-state index contributed by atoms with van der Waals surface area (Å²) in [5, 5.41) is 117. The minimum Gasteiger partial charge on any atom is -0.412 e. The lowest BCUT2D eigenvalue weighted by molar-refractivity contribution is 0.823. The van der Waals surface area contributed by atoms with Crippen LogP contribution in [-0.2, 0) is 0 Å². The van der Waals surface area contributed by atoms with Crippen LogP contribution in [0.1, 0.15) is 0 Å². The van der Waals surface area contributed by atoms with Crippen LogP contribution in [0.3, 0.4) is 0 Å². The second-order valence-corrected chi connectivity index (χ2v) is 26.2. The molecule has 37 aromatic rings. The lowest BCUT2D eigenvalue weighted by Gasteiger charge is -2.23. The van der Waals surface area contributed by atoms with Crippen molar-refractivity contribution in [1.82, 2.24) is 0 Å². The van der Waals surface area contributed by atoms with Crippen molar-refractivity contribution in [3.8, 4) is 0 Å². The van der Waals surface area contributed by atoms with Gasteiger partial charge in [-0.05, 0) is 0 Å². The molecule has 0 spiro atoms. The van der Waals surface area contributed by atoms with Gasteiger partial charge in [0.1, 0.15) is 0 Å². The maximum Gasteiger partial charge on any atom is 0 e. The van der Waals surface area contributed by atoms with E-state index in [0.29, 0.717) is 0 Å². The maximum atomic E-state index is 1.67.